The maximum atomic E-state index is 12.7. The lowest BCUT2D eigenvalue weighted by molar-refractivity contribution is -0.219. The van der Waals surface area contributed by atoms with Crippen LogP contribution in [-0.4, -0.2) is 64.7 Å². The van der Waals surface area contributed by atoms with Gasteiger partial charge in [-0.2, -0.15) is 13.2 Å². The maximum absolute atomic E-state index is 12.7. The minimum Gasteiger partial charge on any atom is -0.382 e. The van der Waals surface area contributed by atoms with E-state index in [0.717, 1.165) is 4.90 Å². The summed E-state index contributed by atoms with van der Waals surface area (Å²) in [5.41, 5.74) is 0.631. The van der Waals surface area contributed by atoms with Gasteiger partial charge in [-0.25, -0.2) is 0 Å². The van der Waals surface area contributed by atoms with Crippen molar-refractivity contribution in [3.05, 3.63) is 35.4 Å². The van der Waals surface area contributed by atoms with E-state index in [-0.39, 0.29) is 19.5 Å². The first-order valence-electron chi connectivity index (χ1n) is 7.75. The summed E-state index contributed by atoms with van der Waals surface area (Å²) in [6.45, 7) is 0.525. The van der Waals surface area contributed by atoms with Crippen molar-refractivity contribution in [2.45, 2.75) is 31.2 Å². The molecular formula is C16H17F3N2O3. The number of halogens is 3. The lowest BCUT2D eigenvalue weighted by Crippen LogP contribution is -2.49. The molecule has 0 aromatic heterocycles. The zero-order valence-corrected chi connectivity index (χ0v) is 12.8. The molecule has 1 saturated heterocycles. The molecule has 0 saturated carbocycles. The molecule has 2 aliphatic heterocycles. The quantitative estimate of drug-likeness (QED) is 0.846. The molecule has 2 heterocycles. The molecule has 1 N–H and O–H groups in total. The molecule has 8 heteroatoms. The summed E-state index contributed by atoms with van der Waals surface area (Å²) in [6, 6.07) is 5.40. The number of aliphatic hydroxyl groups is 1. The molecule has 1 fully saturated rings. The summed E-state index contributed by atoms with van der Waals surface area (Å²) in [7, 11) is 0. The van der Waals surface area contributed by atoms with Crippen molar-refractivity contribution in [1.82, 2.24) is 9.80 Å². The summed E-state index contributed by atoms with van der Waals surface area (Å²) in [5.74, 6) is -0.856. The molecule has 1 aromatic carbocycles. The monoisotopic (exact) mass is 342 g/mol. The normalized spacial score (nSPS) is 23.0. The number of benzene rings is 1. The number of hydrogen-bond acceptors (Lipinski definition) is 4. The number of hydrogen-bond donors (Lipinski definition) is 1. The molecule has 1 aromatic rings. The predicted molar refractivity (Wildman–Crippen MR) is 78.5 cm³/mol. The topological polar surface area (TPSA) is 60.9 Å². The van der Waals surface area contributed by atoms with E-state index in [9.17, 15) is 27.9 Å². The third-order valence-electron chi connectivity index (χ3n) is 4.60. The first-order chi connectivity index (χ1) is 11.3. The van der Waals surface area contributed by atoms with E-state index in [1.54, 1.807) is 24.3 Å². The van der Waals surface area contributed by atoms with Gasteiger partial charge in [0.15, 0.2) is 6.10 Å². The first-order valence-corrected chi connectivity index (χ1v) is 7.75. The molecule has 0 aliphatic carbocycles. The van der Waals surface area contributed by atoms with Crippen molar-refractivity contribution in [3.8, 4) is 0 Å². The van der Waals surface area contributed by atoms with Gasteiger partial charge in [0.05, 0.1) is 11.1 Å². The van der Waals surface area contributed by atoms with Crippen LogP contribution in [0.1, 0.15) is 33.6 Å². The summed E-state index contributed by atoms with van der Waals surface area (Å²) >= 11 is 0. The minimum absolute atomic E-state index is 0.00736. The van der Waals surface area contributed by atoms with E-state index in [1.165, 1.54) is 4.90 Å². The fraction of sp³-hybridized carbons (Fsp3) is 0.500. The number of nitrogens with zero attached hydrogens (tertiary/aromatic N) is 2. The lowest BCUT2D eigenvalue weighted by atomic mass is 10.1. The molecule has 2 amide bonds. The number of aliphatic hydroxyl groups excluding tert-OH is 1. The summed E-state index contributed by atoms with van der Waals surface area (Å²) in [4.78, 5) is 27.0. The Morgan fingerprint density at radius 3 is 2.25 bits per heavy atom. The van der Waals surface area contributed by atoms with Crippen LogP contribution in [0, 0.1) is 0 Å². The molecule has 24 heavy (non-hydrogen) atoms. The maximum Gasteiger partial charge on any atom is 0.415 e. The van der Waals surface area contributed by atoms with Crippen molar-refractivity contribution < 1.29 is 27.9 Å². The average Bonchev–Trinajstić information content (AvgIpc) is 3.09. The number of alkyl halides is 3. The van der Waals surface area contributed by atoms with E-state index in [2.05, 4.69) is 0 Å². The molecule has 5 nitrogen and oxygen atoms in total. The Kier molecular flexibility index (Phi) is 4.35. The SMILES string of the molecule is O=C1c2ccccc2C(=O)N1CCN1CCCC1C(O)C(F)(F)F. The van der Waals surface area contributed by atoms with Crippen molar-refractivity contribution >= 4 is 11.8 Å². The van der Waals surface area contributed by atoms with Crippen LogP contribution in [0.15, 0.2) is 24.3 Å². The number of carbonyl (C=O) groups excluding carboxylic acids is 2. The Morgan fingerprint density at radius 2 is 1.71 bits per heavy atom. The van der Waals surface area contributed by atoms with E-state index in [4.69, 9.17) is 0 Å². The van der Waals surface area contributed by atoms with Gasteiger partial charge in [0.1, 0.15) is 0 Å². The highest BCUT2D eigenvalue weighted by atomic mass is 19.4. The fourth-order valence-corrected chi connectivity index (χ4v) is 3.38. The van der Waals surface area contributed by atoms with E-state index in [0.29, 0.717) is 24.1 Å². The molecular weight excluding hydrogens is 325 g/mol. The number of carbonyl (C=O) groups is 2. The van der Waals surface area contributed by atoms with Crippen LogP contribution in [0.5, 0.6) is 0 Å². The van der Waals surface area contributed by atoms with Crippen LogP contribution in [0.3, 0.4) is 0 Å². The van der Waals surface area contributed by atoms with E-state index in [1.807, 2.05) is 0 Å². The largest absolute Gasteiger partial charge is 0.415 e. The number of rotatable bonds is 4. The van der Waals surface area contributed by atoms with Crippen LogP contribution in [-0.2, 0) is 0 Å². The Morgan fingerprint density at radius 1 is 1.12 bits per heavy atom. The van der Waals surface area contributed by atoms with Gasteiger partial charge in [0, 0.05) is 19.1 Å². The highest BCUT2D eigenvalue weighted by Crippen LogP contribution is 2.30. The zero-order chi connectivity index (χ0) is 17.5. The van der Waals surface area contributed by atoms with Gasteiger partial charge in [-0.05, 0) is 31.5 Å². The molecule has 0 radical (unpaired) electrons. The van der Waals surface area contributed by atoms with Gasteiger partial charge in [0.2, 0.25) is 0 Å². The van der Waals surface area contributed by atoms with Gasteiger partial charge in [0.25, 0.3) is 11.8 Å². The fourth-order valence-electron chi connectivity index (χ4n) is 3.38. The summed E-state index contributed by atoms with van der Waals surface area (Å²) in [6.07, 6.45) is -6.31. The van der Waals surface area contributed by atoms with Crippen LogP contribution in [0.2, 0.25) is 0 Å². The number of imide groups is 1. The smallest absolute Gasteiger partial charge is 0.382 e. The number of likely N-dealkylation sites (tertiary alicyclic amines) is 1. The summed E-state index contributed by atoms with van der Waals surface area (Å²) < 4.78 is 38.2. The zero-order valence-electron chi connectivity index (χ0n) is 12.8. The predicted octanol–water partition coefficient (Wildman–Crippen LogP) is 1.67. The van der Waals surface area contributed by atoms with Crippen molar-refractivity contribution in [1.29, 1.82) is 0 Å². The second-order valence-electron chi connectivity index (χ2n) is 6.04. The average molecular weight is 342 g/mol. The van der Waals surface area contributed by atoms with Crippen molar-refractivity contribution in [2.24, 2.45) is 0 Å². The summed E-state index contributed by atoms with van der Waals surface area (Å²) in [5, 5.41) is 9.48. The highest BCUT2D eigenvalue weighted by molar-refractivity contribution is 6.21. The van der Waals surface area contributed by atoms with Gasteiger partial charge in [-0.15, -0.1) is 0 Å². The van der Waals surface area contributed by atoms with Crippen LogP contribution in [0.4, 0.5) is 13.2 Å². The van der Waals surface area contributed by atoms with Gasteiger partial charge >= 0.3 is 6.18 Å². The second kappa shape index (κ2) is 6.18. The Labute approximate surface area is 136 Å². The Balaban J connectivity index is 1.66. The minimum atomic E-state index is -4.68. The van der Waals surface area contributed by atoms with Crippen LogP contribution < -0.4 is 0 Å². The molecule has 3 rings (SSSR count). The Bertz CT molecular complexity index is 627. The van der Waals surface area contributed by atoms with Crippen LogP contribution in [0.25, 0.3) is 0 Å². The van der Waals surface area contributed by atoms with Crippen LogP contribution >= 0.6 is 0 Å². The lowest BCUT2D eigenvalue weighted by Gasteiger charge is -2.30. The van der Waals surface area contributed by atoms with Gasteiger partial charge < -0.3 is 5.11 Å². The molecule has 2 unspecified atom stereocenters. The van der Waals surface area contributed by atoms with E-state index < -0.39 is 30.1 Å². The number of fused-ring (bicyclic) bond motifs is 1. The third kappa shape index (κ3) is 2.91. The number of amides is 2. The Hall–Kier alpha value is -1.93. The third-order valence-corrected chi connectivity index (χ3v) is 4.60. The van der Waals surface area contributed by atoms with E-state index >= 15 is 0 Å². The van der Waals surface area contributed by atoms with Gasteiger partial charge in [-0.3, -0.25) is 19.4 Å². The molecule has 0 spiro atoms. The molecule has 130 valence electrons. The van der Waals surface area contributed by atoms with Crippen molar-refractivity contribution in [3.63, 3.8) is 0 Å². The molecule has 2 aliphatic rings. The first kappa shape index (κ1) is 16.9. The molecule has 2 atom stereocenters. The second-order valence-corrected chi connectivity index (χ2v) is 6.04. The molecule has 0 bridgehead atoms. The standard InChI is InChI=1S/C16H17F3N2O3/c17-16(18,19)13(22)12-6-3-7-20(12)8-9-21-14(23)10-4-1-2-5-11(10)15(21)24/h1-2,4-5,12-13,22H,3,6-9H2. The van der Waals surface area contributed by atoms with Crippen molar-refractivity contribution in [2.75, 3.05) is 19.6 Å². The van der Waals surface area contributed by atoms with Gasteiger partial charge in [-0.1, -0.05) is 12.1 Å². The highest BCUT2D eigenvalue weighted by Gasteiger charge is 2.47.